The SMILES string of the molecule is C#Cc1cccc(N(CC(=O)NC)S(=O)(=O)c2ccccc2C(F)(F)F)c1. The number of rotatable bonds is 5. The highest BCUT2D eigenvalue weighted by molar-refractivity contribution is 7.93. The molecule has 1 N–H and O–H groups in total. The second-order valence-electron chi connectivity index (χ2n) is 5.37. The number of carbonyl (C=O) groups excluding carboxylic acids is 1. The first-order valence-electron chi connectivity index (χ1n) is 7.57. The predicted molar refractivity (Wildman–Crippen MR) is 94.4 cm³/mol. The molecule has 0 aliphatic heterocycles. The third kappa shape index (κ3) is 4.41. The molecule has 0 saturated carbocycles. The Morgan fingerprint density at radius 2 is 1.85 bits per heavy atom. The monoisotopic (exact) mass is 396 g/mol. The number of nitrogens with one attached hydrogen (secondary N) is 1. The summed E-state index contributed by atoms with van der Waals surface area (Å²) < 4.78 is 66.6. The van der Waals surface area contributed by atoms with Crippen LogP contribution in [0.3, 0.4) is 0 Å². The lowest BCUT2D eigenvalue weighted by Crippen LogP contribution is -2.40. The van der Waals surface area contributed by atoms with Crippen LogP contribution in [0.25, 0.3) is 0 Å². The zero-order chi connectivity index (χ0) is 20.2. The van der Waals surface area contributed by atoms with Crippen LogP contribution in [0.2, 0.25) is 0 Å². The lowest BCUT2D eigenvalue weighted by molar-refractivity contribution is -0.139. The molecule has 0 atom stereocenters. The van der Waals surface area contributed by atoms with Gasteiger partial charge in [0.15, 0.2) is 0 Å². The molecule has 0 aliphatic carbocycles. The first-order valence-corrected chi connectivity index (χ1v) is 9.01. The number of sulfonamides is 1. The van der Waals surface area contributed by atoms with E-state index in [9.17, 15) is 26.4 Å². The normalized spacial score (nSPS) is 11.5. The first-order chi connectivity index (χ1) is 12.6. The lowest BCUT2D eigenvalue weighted by atomic mass is 10.2. The van der Waals surface area contributed by atoms with Crippen LogP contribution in [-0.4, -0.2) is 27.9 Å². The number of hydrogen-bond donors (Lipinski definition) is 1. The molecule has 27 heavy (non-hydrogen) atoms. The van der Waals surface area contributed by atoms with Crippen molar-refractivity contribution in [2.75, 3.05) is 17.9 Å². The van der Waals surface area contributed by atoms with E-state index in [2.05, 4.69) is 11.2 Å². The number of nitrogens with zero attached hydrogens (tertiary/aromatic N) is 1. The molecule has 9 heteroatoms. The molecule has 0 heterocycles. The summed E-state index contributed by atoms with van der Waals surface area (Å²) in [5.41, 5.74) is -1.03. The highest BCUT2D eigenvalue weighted by Gasteiger charge is 2.39. The van der Waals surface area contributed by atoms with Gasteiger partial charge >= 0.3 is 6.18 Å². The summed E-state index contributed by atoms with van der Waals surface area (Å²) in [7, 11) is -3.43. The maximum Gasteiger partial charge on any atom is 0.417 e. The fraction of sp³-hybridized carbons (Fsp3) is 0.167. The third-order valence-electron chi connectivity index (χ3n) is 3.63. The van der Waals surface area contributed by atoms with Crippen LogP contribution in [0.1, 0.15) is 11.1 Å². The topological polar surface area (TPSA) is 66.5 Å². The molecule has 2 aromatic carbocycles. The minimum Gasteiger partial charge on any atom is -0.358 e. The van der Waals surface area contributed by atoms with Gasteiger partial charge in [-0.2, -0.15) is 13.2 Å². The Bertz CT molecular complexity index is 995. The molecule has 0 radical (unpaired) electrons. The number of carbonyl (C=O) groups is 1. The largest absolute Gasteiger partial charge is 0.417 e. The number of amides is 1. The molecule has 142 valence electrons. The van der Waals surface area contributed by atoms with Crippen molar-refractivity contribution in [2.24, 2.45) is 0 Å². The Morgan fingerprint density at radius 3 is 2.44 bits per heavy atom. The van der Waals surface area contributed by atoms with Crippen molar-refractivity contribution in [2.45, 2.75) is 11.1 Å². The number of anilines is 1. The van der Waals surface area contributed by atoms with E-state index in [0.29, 0.717) is 15.9 Å². The van der Waals surface area contributed by atoms with Crippen molar-refractivity contribution < 1.29 is 26.4 Å². The van der Waals surface area contributed by atoms with Crippen LogP contribution < -0.4 is 9.62 Å². The van der Waals surface area contributed by atoms with Gasteiger partial charge in [-0.05, 0) is 30.3 Å². The summed E-state index contributed by atoms with van der Waals surface area (Å²) >= 11 is 0. The quantitative estimate of drug-likeness (QED) is 0.791. The zero-order valence-electron chi connectivity index (χ0n) is 14.1. The molecule has 0 aromatic heterocycles. The van der Waals surface area contributed by atoms with Crippen molar-refractivity contribution in [1.29, 1.82) is 0 Å². The van der Waals surface area contributed by atoms with Gasteiger partial charge in [0.2, 0.25) is 5.91 Å². The molecule has 2 aromatic rings. The van der Waals surface area contributed by atoms with Crippen molar-refractivity contribution in [3.63, 3.8) is 0 Å². The number of benzene rings is 2. The molecular weight excluding hydrogens is 381 g/mol. The smallest absolute Gasteiger partial charge is 0.358 e. The predicted octanol–water partition coefficient (Wildman–Crippen LogP) is 2.63. The van der Waals surface area contributed by atoms with Crippen LogP contribution in [0, 0.1) is 12.3 Å². The summed E-state index contributed by atoms with van der Waals surface area (Å²) in [6.45, 7) is -0.709. The summed E-state index contributed by atoms with van der Waals surface area (Å²) in [5, 5.41) is 2.25. The fourth-order valence-corrected chi connectivity index (χ4v) is 3.95. The first kappa shape index (κ1) is 20.3. The van der Waals surface area contributed by atoms with Crippen LogP contribution in [0.5, 0.6) is 0 Å². The van der Waals surface area contributed by atoms with Crippen molar-refractivity contribution >= 4 is 21.6 Å². The Balaban J connectivity index is 2.69. The Hall–Kier alpha value is -2.99. The van der Waals surface area contributed by atoms with E-state index in [1.807, 2.05) is 0 Å². The van der Waals surface area contributed by atoms with Gasteiger partial charge in [-0.25, -0.2) is 8.42 Å². The van der Waals surface area contributed by atoms with Crippen LogP contribution in [0.4, 0.5) is 18.9 Å². The number of likely N-dealkylation sites (N-methyl/N-ethyl adjacent to an activating group) is 1. The summed E-state index contributed by atoms with van der Waals surface area (Å²) in [6, 6.07) is 9.41. The van der Waals surface area contributed by atoms with E-state index in [1.165, 1.54) is 37.4 Å². The maximum absolute atomic E-state index is 13.3. The number of halogens is 3. The molecule has 0 saturated heterocycles. The Labute approximate surface area is 154 Å². The summed E-state index contributed by atoms with van der Waals surface area (Å²) in [6.07, 6.45) is 0.416. The van der Waals surface area contributed by atoms with Gasteiger partial charge in [0.05, 0.1) is 16.1 Å². The van der Waals surface area contributed by atoms with Gasteiger partial charge in [-0.3, -0.25) is 9.10 Å². The molecule has 2 rings (SSSR count). The van der Waals surface area contributed by atoms with E-state index in [0.717, 1.165) is 12.1 Å². The van der Waals surface area contributed by atoms with Crippen LogP contribution in [0.15, 0.2) is 53.4 Å². The van der Waals surface area contributed by atoms with Crippen LogP contribution >= 0.6 is 0 Å². The van der Waals surface area contributed by atoms with Gasteiger partial charge in [0.25, 0.3) is 10.0 Å². The molecule has 0 spiro atoms. The van der Waals surface area contributed by atoms with Gasteiger partial charge in [0.1, 0.15) is 6.54 Å². The van der Waals surface area contributed by atoms with Gasteiger partial charge in [-0.1, -0.05) is 24.1 Å². The Kier molecular flexibility index (Phi) is 5.81. The van der Waals surface area contributed by atoms with E-state index in [4.69, 9.17) is 6.42 Å². The van der Waals surface area contributed by atoms with Crippen molar-refractivity contribution in [1.82, 2.24) is 5.32 Å². The van der Waals surface area contributed by atoms with Gasteiger partial charge in [-0.15, -0.1) is 6.42 Å². The Morgan fingerprint density at radius 1 is 1.19 bits per heavy atom. The molecule has 0 fully saturated rings. The van der Waals surface area contributed by atoms with Gasteiger partial charge < -0.3 is 5.32 Å². The van der Waals surface area contributed by atoms with E-state index in [1.54, 1.807) is 0 Å². The minimum absolute atomic E-state index is 0.0222. The minimum atomic E-state index is -4.89. The van der Waals surface area contributed by atoms with Gasteiger partial charge in [0, 0.05) is 12.6 Å². The number of hydrogen-bond acceptors (Lipinski definition) is 3. The molecular formula is C18H15F3N2O3S. The molecule has 0 aliphatic rings. The molecule has 0 bridgehead atoms. The van der Waals surface area contributed by atoms with Crippen LogP contribution in [-0.2, 0) is 21.0 Å². The highest BCUT2D eigenvalue weighted by Crippen LogP contribution is 2.36. The average Bonchev–Trinajstić information content (AvgIpc) is 2.65. The van der Waals surface area contributed by atoms with E-state index in [-0.39, 0.29) is 5.69 Å². The zero-order valence-corrected chi connectivity index (χ0v) is 14.9. The lowest BCUT2D eigenvalue weighted by Gasteiger charge is -2.25. The molecule has 0 unspecified atom stereocenters. The standard InChI is InChI=1S/C18H15F3N2O3S/c1-3-13-7-6-8-14(11-13)23(12-17(24)22-2)27(25,26)16-10-5-4-9-15(16)18(19,20)21/h1,4-11H,12H2,2H3,(H,22,24). The average molecular weight is 396 g/mol. The summed E-state index contributed by atoms with van der Waals surface area (Å²) in [4.78, 5) is 10.9. The summed E-state index contributed by atoms with van der Waals surface area (Å²) in [5.74, 6) is 1.61. The fourth-order valence-electron chi connectivity index (χ4n) is 2.32. The molecule has 5 nitrogen and oxygen atoms in total. The van der Waals surface area contributed by atoms with E-state index >= 15 is 0 Å². The molecule has 1 amide bonds. The van der Waals surface area contributed by atoms with Crippen molar-refractivity contribution in [3.05, 3.63) is 59.7 Å². The number of alkyl halides is 3. The number of terminal acetylenes is 1. The second kappa shape index (κ2) is 7.72. The third-order valence-corrected chi connectivity index (χ3v) is 5.46. The van der Waals surface area contributed by atoms with Crippen molar-refractivity contribution in [3.8, 4) is 12.3 Å². The highest BCUT2D eigenvalue weighted by atomic mass is 32.2. The maximum atomic E-state index is 13.3. The van der Waals surface area contributed by atoms with E-state index < -0.39 is 39.1 Å². The second-order valence-corrected chi connectivity index (χ2v) is 7.20.